The van der Waals surface area contributed by atoms with Gasteiger partial charge in [0.2, 0.25) is 5.89 Å². The summed E-state index contributed by atoms with van der Waals surface area (Å²) >= 11 is 0. The highest BCUT2D eigenvalue weighted by molar-refractivity contribution is 5.79. The van der Waals surface area contributed by atoms with Gasteiger partial charge in [-0.2, -0.15) is 0 Å². The van der Waals surface area contributed by atoms with Crippen LogP contribution in [0.25, 0.3) is 0 Å². The van der Waals surface area contributed by atoms with Crippen LogP contribution in [0.1, 0.15) is 38.0 Å². The smallest absolute Gasteiger partial charge is 0.213 e. The van der Waals surface area contributed by atoms with Crippen molar-refractivity contribution in [1.29, 1.82) is 0 Å². The van der Waals surface area contributed by atoms with Crippen LogP contribution in [0.2, 0.25) is 0 Å². The van der Waals surface area contributed by atoms with E-state index in [-0.39, 0.29) is 5.41 Å². The maximum atomic E-state index is 5.82. The number of rotatable bonds is 6. The van der Waals surface area contributed by atoms with Gasteiger partial charge >= 0.3 is 0 Å². The fraction of sp³-hybridized carbons (Fsp3) is 0.500. The minimum Gasteiger partial charge on any atom is -0.497 e. The van der Waals surface area contributed by atoms with Gasteiger partial charge in [0.25, 0.3) is 0 Å². The zero-order valence-corrected chi connectivity index (χ0v) is 17.3. The number of aliphatic imine (C=N–C) groups is 1. The van der Waals surface area contributed by atoms with Crippen LogP contribution in [-0.2, 0) is 18.5 Å². The molecule has 2 rings (SSSR count). The third kappa shape index (κ3) is 5.39. The van der Waals surface area contributed by atoms with E-state index >= 15 is 0 Å². The molecule has 1 heterocycles. The standard InChI is InChI=1S/C20H30N4O3/c1-20(2,3)17-11-22-18(27-17)12-23-19(21-4)24(5)13-14-8-9-15(25-6)10-16(14)26-7/h8-11H,12-13H2,1-7H3,(H,21,23). The Labute approximate surface area is 161 Å². The first-order valence-corrected chi connectivity index (χ1v) is 8.86. The Kier molecular flexibility index (Phi) is 6.71. The molecule has 0 bridgehead atoms. The second-order valence-electron chi connectivity index (χ2n) is 7.30. The molecule has 0 aliphatic carbocycles. The lowest BCUT2D eigenvalue weighted by molar-refractivity contribution is 0.373. The summed E-state index contributed by atoms with van der Waals surface area (Å²) in [6, 6.07) is 5.79. The fourth-order valence-corrected chi connectivity index (χ4v) is 2.59. The van der Waals surface area contributed by atoms with Gasteiger partial charge in [0.15, 0.2) is 5.96 Å². The van der Waals surface area contributed by atoms with E-state index in [1.54, 1.807) is 27.5 Å². The number of nitrogens with zero attached hydrogens (tertiary/aromatic N) is 3. The van der Waals surface area contributed by atoms with Crippen LogP contribution in [0.5, 0.6) is 11.5 Å². The van der Waals surface area contributed by atoms with Gasteiger partial charge in [0.1, 0.15) is 17.3 Å². The first-order chi connectivity index (χ1) is 12.8. The summed E-state index contributed by atoms with van der Waals surface area (Å²) < 4.78 is 16.5. The highest BCUT2D eigenvalue weighted by Gasteiger charge is 2.19. The number of nitrogens with one attached hydrogen (secondary N) is 1. The molecule has 0 unspecified atom stereocenters. The van der Waals surface area contributed by atoms with Crippen molar-refractivity contribution in [1.82, 2.24) is 15.2 Å². The lowest BCUT2D eigenvalue weighted by Crippen LogP contribution is -2.38. The van der Waals surface area contributed by atoms with Gasteiger partial charge in [-0.25, -0.2) is 4.98 Å². The molecule has 148 valence electrons. The molecule has 0 aliphatic rings. The van der Waals surface area contributed by atoms with Gasteiger partial charge in [0.05, 0.1) is 27.0 Å². The van der Waals surface area contributed by atoms with Crippen LogP contribution in [0.3, 0.4) is 0 Å². The van der Waals surface area contributed by atoms with Crippen molar-refractivity contribution < 1.29 is 13.9 Å². The van der Waals surface area contributed by atoms with Crippen molar-refractivity contribution in [3.8, 4) is 11.5 Å². The second-order valence-corrected chi connectivity index (χ2v) is 7.30. The van der Waals surface area contributed by atoms with Crippen LogP contribution in [0.4, 0.5) is 0 Å². The molecule has 1 aromatic carbocycles. The number of aromatic nitrogens is 1. The van der Waals surface area contributed by atoms with E-state index in [0.29, 0.717) is 19.0 Å². The zero-order valence-electron chi connectivity index (χ0n) is 17.3. The summed E-state index contributed by atoms with van der Waals surface area (Å²) in [7, 11) is 7.01. The predicted octanol–water partition coefficient (Wildman–Crippen LogP) is 3.20. The molecule has 0 atom stereocenters. The maximum absolute atomic E-state index is 5.82. The molecule has 0 fully saturated rings. The number of ether oxygens (including phenoxy) is 2. The normalized spacial score (nSPS) is 12.0. The molecular weight excluding hydrogens is 344 g/mol. The van der Waals surface area contributed by atoms with E-state index in [4.69, 9.17) is 13.9 Å². The number of hydrogen-bond donors (Lipinski definition) is 1. The van der Waals surface area contributed by atoms with Crippen LogP contribution in [0.15, 0.2) is 33.8 Å². The molecule has 0 aliphatic heterocycles. The third-order valence-electron chi connectivity index (χ3n) is 4.17. The zero-order chi connectivity index (χ0) is 20.0. The molecular formula is C20H30N4O3. The Morgan fingerprint density at radius 3 is 2.56 bits per heavy atom. The van der Waals surface area contributed by atoms with E-state index in [1.165, 1.54) is 0 Å². The number of benzene rings is 1. The van der Waals surface area contributed by atoms with Gasteiger partial charge in [-0.3, -0.25) is 4.99 Å². The monoisotopic (exact) mass is 374 g/mol. The molecule has 2 aromatic rings. The quantitative estimate of drug-likeness (QED) is 0.618. The van der Waals surface area contributed by atoms with Crippen LogP contribution >= 0.6 is 0 Å². The average molecular weight is 374 g/mol. The lowest BCUT2D eigenvalue weighted by atomic mass is 9.94. The highest BCUT2D eigenvalue weighted by Crippen LogP contribution is 2.25. The average Bonchev–Trinajstić information content (AvgIpc) is 3.12. The molecule has 1 aromatic heterocycles. The molecule has 0 amide bonds. The molecule has 0 saturated heterocycles. The first-order valence-electron chi connectivity index (χ1n) is 8.86. The van der Waals surface area contributed by atoms with Gasteiger partial charge in [0, 0.05) is 37.7 Å². The SMILES string of the molecule is CN=C(NCc1ncc(C(C)(C)C)o1)N(C)Cc1ccc(OC)cc1OC. The predicted molar refractivity (Wildman–Crippen MR) is 106 cm³/mol. The fourth-order valence-electron chi connectivity index (χ4n) is 2.59. The summed E-state index contributed by atoms with van der Waals surface area (Å²) in [5, 5.41) is 3.28. The van der Waals surface area contributed by atoms with Crippen LogP contribution in [0, 0.1) is 0 Å². The molecule has 0 spiro atoms. The van der Waals surface area contributed by atoms with Crippen LogP contribution in [-0.4, -0.2) is 44.2 Å². The van der Waals surface area contributed by atoms with Crippen molar-refractivity contribution in [2.24, 2.45) is 4.99 Å². The summed E-state index contributed by atoms with van der Waals surface area (Å²) in [4.78, 5) is 10.7. The summed E-state index contributed by atoms with van der Waals surface area (Å²) in [5.74, 6) is 3.78. The van der Waals surface area contributed by atoms with Gasteiger partial charge in [-0.1, -0.05) is 20.8 Å². The summed E-state index contributed by atoms with van der Waals surface area (Å²) in [6.45, 7) is 7.39. The van der Waals surface area contributed by atoms with E-state index < -0.39 is 0 Å². The lowest BCUT2D eigenvalue weighted by Gasteiger charge is -2.23. The second kappa shape index (κ2) is 8.79. The van der Waals surface area contributed by atoms with Gasteiger partial charge in [-0.05, 0) is 12.1 Å². The van der Waals surface area contributed by atoms with Crippen molar-refractivity contribution in [2.45, 2.75) is 39.3 Å². The summed E-state index contributed by atoms with van der Waals surface area (Å²) in [6.07, 6.45) is 1.78. The Bertz CT molecular complexity index is 778. The highest BCUT2D eigenvalue weighted by atomic mass is 16.5. The molecule has 27 heavy (non-hydrogen) atoms. The van der Waals surface area contributed by atoms with E-state index in [0.717, 1.165) is 28.8 Å². The van der Waals surface area contributed by atoms with E-state index in [9.17, 15) is 0 Å². The maximum Gasteiger partial charge on any atom is 0.213 e. The van der Waals surface area contributed by atoms with E-state index in [2.05, 4.69) is 36.1 Å². The Balaban J connectivity index is 2.02. The Hall–Kier alpha value is -2.70. The molecule has 7 nitrogen and oxygen atoms in total. The van der Waals surface area contributed by atoms with E-state index in [1.807, 2.05) is 30.1 Å². The van der Waals surface area contributed by atoms with Gasteiger partial charge < -0.3 is 24.1 Å². The molecule has 7 heteroatoms. The van der Waals surface area contributed by atoms with Gasteiger partial charge in [-0.15, -0.1) is 0 Å². The third-order valence-corrected chi connectivity index (χ3v) is 4.17. The topological polar surface area (TPSA) is 72.1 Å². The molecule has 0 radical (unpaired) electrons. The number of guanidine groups is 1. The molecule has 0 saturated carbocycles. The largest absolute Gasteiger partial charge is 0.497 e. The number of methoxy groups -OCH3 is 2. The Morgan fingerprint density at radius 1 is 1.26 bits per heavy atom. The minimum atomic E-state index is -0.0609. The van der Waals surface area contributed by atoms with Crippen molar-refractivity contribution in [3.63, 3.8) is 0 Å². The number of hydrogen-bond acceptors (Lipinski definition) is 5. The Morgan fingerprint density at radius 2 is 2.00 bits per heavy atom. The van der Waals surface area contributed by atoms with Crippen molar-refractivity contribution in [3.05, 3.63) is 41.6 Å². The number of oxazole rings is 1. The summed E-state index contributed by atoms with van der Waals surface area (Å²) in [5.41, 5.74) is 0.976. The van der Waals surface area contributed by atoms with Crippen molar-refractivity contribution >= 4 is 5.96 Å². The van der Waals surface area contributed by atoms with Crippen LogP contribution < -0.4 is 14.8 Å². The first kappa shape index (κ1) is 20.6. The minimum absolute atomic E-state index is 0.0609. The van der Waals surface area contributed by atoms with Crippen molar-refractivity contribution in [2.75, 3.05) is 28.3 Å². The molecule has 1 N–H and O–H groups in total.